The van der Waals surface area contributed by atoms with Crippen LogP contribution in [0.25, 0.3) is 5.57 Å². The van der Waals surface area contributed by atoms with Crippen molar-refractivity contribution < 1.29 is 14.3 Å². The fourth-order valence-corrected chi connectivity index (χ4v) is 4.33. The van der Waals surface area contributed by atoms with E-state index in [0.717, 1.165) is 5.56 Å². The summed E-state index contributed by atoms with van der Waals surface area (Å²) in [6.45, 7) is 9.47. The van der Waals surface area contributed by atoms with E-state index >= 15 is 0 Å². The Morgan fingerprint density at radius 3 is 1.97 bits per heavy atom. The van der Waals surface area contributed by atoms with Crippen LogP contribution in [-0.4, -0.2) is 41.8 Å². The number of carbonyl (C=O) groups is 2. The van der Waals surface area contributed by atoms with Gasteiger partial charge in [-0.3, -0.25) is 9.59 Å². The first-order valence-electron chi connectivity index (χ1n) is 10.3. The number of hydrogen-bond donors (Lipinski definition) is 0. The van der Waals surface area contributed by atoms with Gasteiger partial charge < -0.3 is 9.64 Å². The molecule has 150 valence electrons. The lowest BCUT2D eigenvalue weighted by Crippen LogP contribution is -2.47. The van der Waals surface area contributed by atoms with Crippen molar-refractivity contribution in [3.05, 3.63) is 76.5 Å². The van der Waals surface area contributed by atoms with Crippen molar-refractivity contribution in [2.45, 2.75) is 45.8 Å². The first-order chi connectivity index (χ1) is 13.9. The van der Waals surface area contributed by atoms with E-state index in [1.807, 2.05) is 55.1 Å². The molecule has 0 N–H and O–H groups in total. The van der Waals surface area contributed by atoms with Crippen molar-refractivity contribution in [3.8, 4) is 0 Å². The zero-order valence-corrected chi connectivity index (χ0v) is 17.4. The Hall–Kier alpha value is -2.72. The summed E-state index contributed by atoms with van der Waals surface area (Å²) in [7, 11) is 0. The van der Waals surface area contributed by atoms with Crippen LogP contribution in [0.2, 0.25) is 0 Å². The van der Waals surface area contributed by atoms with Crippen molar-refractivity contribution in [1.29, 1.82) is 0 Å². The monoisotopic (exact) mass is 389 g/mol. The Bertz CT molecular complexity index is 977. The van der Waals surface area contributed by atoms with Gasteiger partial charge in [0.25, 0.3) is 0 Å². The maximum Gasteiger partial charge on any atom is 0.210 e. The SMILES string of the molecule is CC1CN(C2=C(c3ccc(C(C)C)cc3)C(=O)c3ccccc3C2=O)CC(C)O1. The van der Waals surface area contributed by atoms with Crippen molar-refractivity contribution >= 4 is 17.1 Å². The molecule has 0 saturated carbocycles. The maximum atomic E-state index is 13.5. The molecule has 4 rings (SSSR count). The summed E-state index contributed by atoms with van der Waals surface area (Å²) in [6.07, 6.45) is -0.00761. The van der Waals surface area contributed by atoms with Gasteiger partial charge >= 0.3 is 0 Å². The van der Waals surface area contributed by atoms with E-state index < -0.39 is 0 Å². The summed E-state index contributed by atoms with van der Waals surface area (Å²) < 4.78 is 5.86. The molecule has 1 aliphatic carbocycles. The van der Waals surface area contributed by atoms with Crippen molar-refractivity contribution in [2.24, 2.45) is 0 Å². The van der Waals surface area contributed by atoms with Crippen LogP contribution in [0, 0.1) is 0 Å². The van der Waals surface area contributed by atoms with Gasteiger partial charge in [-0.1, -0.05) is 62.4 Å². The summed E-state index contributed by atoms with van der Waals surface area (Å²) in [5.41, 5.74) is 3.99. The number of rotatable bonds is 3. The first kappa shape index (κ1) is 19.6. The minimum atomic E-state index is -0.0840. The lowest BCUT2D eigenvalue weighted by molar-refractivity contribution is -0.0569. The molecule has 0 bridgehead atoms. The van der Waals surface area contributed by atoms with Gasteiger partial charge in [-0.2, -0.15) is 0 Å². The average Bonchev–Trinajstić information content (AvgIpc) is 2.70. The van der Waals surface area contributed by atoms with Crippen LogP contribution in [-0.2, 0) is 4.74 Å². The molecular formula is C25H27NO3. The number of fused-ring (bicyclic) bond motifs is 1. The highest BCUT2D eigenvalue weighted by molar-refractivity contribution is 6.40. The Labute approximate surface area is 172 Å². The van der Waals surface area contributed by atoms with Crippen molar-refractivity contribution in [2.75, 3.05) is 13.1 Å². The number of allylic oxidation sites excluding steroid dienone is 2. The molecule has 4 heteroatoms. The highest BCUT2D eigenvalue weighted by Gasteiger charge is 2.37. The van der Waals surface area contributed by atoms with E-state index in [-0.39, 0.29) is 23.8 Å². The number of hydrogen-bond acceptors (Lipinski definition) is 4. The molecule has 2 aliphatic rings. The third-order valence-corrected chi connectivity index (χ3v) is 5.70. The standard InChI is InChI=1S/C25H27NO3/c1-15(2)18-9-11-19(12-10-18)22-23(26-13-16(3)29-17(4)14-26)25(28)21-8-6-5-7-20(21)24(22)27/h5-12,15-17H,13-14H2,1-4H3. The van der Waals surface area contributed by atoms with Crippen LogP contribution in [0.5, 0.6) is 0 Å². The topological polar surface area (TPSA) is 46.6 Å². The smallest absolute Gasteiger partial charge is 0.210 e. The summed E-state index contributed by atoms with van der Waals surface area (Å²) in [5, 5.41) is 0. The van der Waals surface area contributed by atoms with Gasteiger partial charge in [-0.05, 0) is 30.9 Å². The van der Waals surface area contributed by atoms with Gasteiger partial charge in [-0.15, -0.1) is 0 Å². The number of morpholine rings is 1. The van der Waals surface area contributed by atoms with E-state index in [4.69, 9.17) is 4.74 Å². The van der Waals surface area contributed by atoms with E-state index in [0.29, 0.717) is 41.4 Å². The third kappa shape index (κ3) is 3.53. The van der Waals surface area contributed by atoms with Crippen LogP contribution in [0.1, 0.15) is 65.5 Å². The third-order valence-electron chi connectivity index (χ3n) is 5.70. The van der Waals surface area contributed by atoms with Crippen molar-refractivity contribution in [3.63, 3.8) is 0 Å². The van der Waals surface area contributed by atoms with Gasteiger partial charge in [0.1, 0.15) is 0 Å². The fourth-order valence-electron chi connectivity index (χ4n) is 4.33. The molecule has 0 spiro atoms. The molecular weight excluding hydrogens is 362 g/mol. The number of Topliss-reactive ketones (excluding diaryl/α,β-unsaturated/α-hetero) is 2. The summed E-state index contributed by atoms with van der Waals surface area (Å²) >= 11 is 0. The van der Waals surface area contributed by atoms with Gasteiger partial charge in [0.2, 0.25) is 5.78 Å². The maximum absolute atomic E-state index is 13.5. The molecule has 0 aromatic heterocycles. The van der Waals surface area contributed by atoms with Crippen LogP contribution in [0.4, 0.5) is 0 Å². The second-order valence-corrected chi connectivity index (χ2v) is 8.37. The number of benzene rings is 2. The molecule has 0 amide bonds. The van der Waals surface area contributed by atoms with Crippen molar-refractivity contribution in [1.82, 2.24) is 4.90 Å². The van der Waals surface area contributed by atoms with Crippen LogP contribution in [0.15, 0.2) is 54.2 Å². The molecule has 2 aromatic rings. The quantitative estimate of drug-likeness (QED) is 0.763. The minimum absolute atomic E-state index is 0.00381. The highest BCUT2D eigenvalue weighted by atomic mass is 16.5. The van der Waals surface area contributed by atoms with Gasteiger partial charge in [0, 0.05) is 24.2 Å². The van der Waals surface area contributed by atoms with E-state index in [2.05, 4.69) is 13.8 Å². The number of nitrogens with zero attached hydrogens (tertiary/aromatic N) is 1. The fraction of sp³-hybridized carbons (Fsp3) is 0.360. The molecule has 1 fully saturated rings. The Morgan fingerprint density at radius 1 is 0.862 bits per heavy atom. The molecule has 1 saturated heterocycles. The average molecular weight is 389 g/mol. The predicted octanol–water partition coefficient (Wildman–Crippen LogP) is 4.71. The second-order valence-electron chi connectivity index (χ2n) is 8.37. The highest BCUT2D eigenvalue weighted by Crippen LogP contribution is 2.35. The largest absolute Gasteiger partial charge is 0.372 e. The molecule has 2 aromatic carbocycles. The van der Waals surface area contributed by atoms with E-state index in [1.165, 1.54) is 5.56 Å². The zero-order chi connectivity index (χ0) is 20.7. The number of carbonyl (C=O) groups excluding carboxylic acids is 2. The summed E-state index contributed by atoms with van der Waals surface area (Å²) in [6, 6.07) is 15.2. The molecule has 4 nitrogen and oxygen atoms in total. The lowest BCUT2D eigenvalue weighted by Gasteiger charge is -2.39. The Morgan fingerprint density at radius 2 is 1.41 bits per heavy atom. The summed E-state index contributed by atoms with van der Waals surface area (Å²) in [4.78, 5) is 29.1. The lowest BCUT2D eigenvalue weighted by atomic mass is 9.82. The number of ketones is 2. The normalized spacial score (nSPS) is 22.3. The van der Waals surface area contributed by atoms with Gasteiger partial charge in [0.15, 0.2) is 5.78 Å². The van der Waals surface area contributed by atoms with Gasteiger partial charge in [-0.25, -0.2) is 0 Å². The van der Waals surface area contributed by atoms with E-state index in [1.54, 1.807) is 12.1 Å². The Kier molecular flexibility index (Phi) is 5.13. The molecule has 1 heterocycles. The molecule has 0 radical (unpaired) electrons. The second kappa shape index (κ2) is 7.60. The first-order valence-corrected chi connectivity index (χ1v) is 10.3. The summed E-state index contributed by atoms with van der Waals surface area (Å²) in [5.74, 6) is 0.242. The molecule has 2 unspecified atom stereocenters. The predicted molar refractivity (Wildman–Crippen MR) is 114 cm³/mol. The van der Waals surface area contributed by atoms with Crippen LogP contribution >= 0.6 is 0 Å². The number of ether oxygens (including phenoxy) is 1. The van der Waals surface area contributed by atoms with Crippen LogP contribution < -0.4 is 0 Å². The minimum Gasteiger partial charge on any atom is -0.372 e. The molecule has 29 heavy (non-hydrogen) atoms. The molecule has 1 aliphatic heterocycles. The van der Waals surface area contributed by atoms with Gasteiger partial charge in [0.05, 0.1) is 23.5 Å². The van der Waals surface area contributed by atoms with Crippen LogP contribution in [0.3, 0.4) is 0 Å². The Balaban J connectivity index is 1.89. The van der Waals surface area contributed by atoms with E-state index in [9.17, 15) is 9.59 Å². The zero-order valence-electron chi connectivity index (χ0n) is 17.4. The molecule has 2 atom stereocenters.